The van der Waals surface area contributed by atoms with E-state index in [4.69, 9.17) is 0 Å². The maximum absolute atomic E-state index is 3.77. The molecule has 0 heterocycles. The Morgan fingerprint density at radius 2 is 1.38 bits per heavy atom. The topological polar surface area (TPSA) is 12.0 Å². The van der Waals surface area contributed by atoms with Gasteiger partial charge in [0.15, 0.2) is 0 Å². The maximum atomic E-state index is 3.77. The molecule has 0 aliphatic heterocycles. The molecular formula is C31H31N. The quantitative estimate of drug-likeness (QED) is 0.323. The summed E-state index contributed by atoms with van der Waals surface area (Å²) in [7, 11) is 0. The van der Waals surface area contributed by atoms with E-state index in [0.29, 0.717) is 11.8 Å². The van der Waals surface area contributed by atoms with Gasteiger partial charge in [-0.25, -0.2) is 0 Å². The lowest BCUT2D eigenvalue weighted by molar-refractivity contribution is 0.385. The summed E-state index contributed by atoms with van der Waals surface area (Å²) < 4.78 is 0. The SMILES string of the molecule is c1ccc(CCNC[C@@H]2CCc3cc(-c4ccccc4)ccc3[C@@H]2c2ccccc2)cc1. The van der Waals surface area contributed by atoms with Gasteiger partial charge in [0.05, 0.1) is 0 Å². The molecule has 4 aromatic carbocycles. The van der Waals surface area contributed by atoms with Gasteiger partial charge in [-0.2, -0.15) is 0 Å². The Labute approximate surface area is 192 Å². The van der Waals surface area contributed by atoms with Crippen molar-refractivity contribution in [3.8, 4) is 11.1 Å². The van der Waals surface area contributed by atoms with Crippen LogP contribution in [0.1, 0.15) is 34.6 Å². The van der Waals surface area contributed by atoms with Gasteiger partial charge in [-0.15, -0.1) is 0 Å². The minimum Gasteiger partial charge on any atom is -0.316 e. The fourth-order valence-electron chi connectivity index (χ4n) is 5.19. The summed E-state index contributed by atoms with van der Waals surface area (Å²) in [6.45, 7) is 2.09. The molecule has 0 spiro atoms. The van der Waals surface area contributed by atoms with Crippen LogP contribution in [0.5, 0.6) is 0 Å². The zero-order valence-corrected chi connectivity index (χ0v) is 18.6. The van der Waals surface area contributed by atoms with Crippen LogP contribution in [0.2, 0.25) is 0 Å². The summed E-state index contributed by atoms with van der Waals surface area (Å²) in [6, 6.07) is 39.8. The van der Waals surface area contributed by atoms with Crippen molar-refractivity contribution < 1.29 is 0 Å². The second-order valence-electron chi connectivity index (χ2n) is 8.91. The minimum absolute atomic E-state index is 0.453. The third-order valence-corrected chi connectivity index (χ3v) is 6.84. The summed E-state index contributed by atoms with van der Waals surface area (Å²) in [5, 5.41) is 3.77. The highest BCUT2D eigenvalue weighted by Crippen LogP contribution is 2.41. The highest BCUT2D eigenvalue weighted by molar-refractivity contribution is 5.65. The monoisotopic (exact) mass is 417 g/mol. The molecule has 0 radical (unpaired) electrons. The molecule has 4 aromatic rings. The van der Waals surface area contributed by atoms with E-state index in [2.05, 4.69) is 115 Å². The van der Waals surface area contributed by atoms with Crippen molar-refractivity contribution in [2.45, 2.75) is 25.2 Å². The van der Waals surface area contributed by atoms with Crippen LogP contribution >= 0.6 is 0 Å². The van der Waals surface area contributed by atoms with Crippen molar-refractivity contribution in [1.29, 1.82) is 0 Å². The van der Waals surface area contributed by atoms with Crippen LogP contribution < -0.4 is 5.32 Å². The number of hydrogen-bond donors (Lipinski definition) is 1. The van der Waals surface area contributed by atoms with E-state index in [0.717, 1.165) is 25.9 Å². The van der Waals surface area contributed by atoms with E-state index < -0.39 is 0 Å². The van der Waals surface area contributed by atoms with E-state index in [1.54, 1.807) is 0 Å². The Balaban J connectivity index is 1.36. The Morgan fingerprint density at radius 1 is 0.688 bits per heavy atom. The molecular weight excluding hydrogens is 386 g/mol. The van der Waals surface area contributed by atoms with Crippen LogP contribution in [-0.2, 0) is 12.8 Å². The predicted octanol–water partition coefficient (Wildman–Crippen LogP) is 6.88. The van der Waals surface area contributed by atoms with Crippen molar-refractivity contribution in [3.05, 3.63) is 131 Å². The van der Waals surface area contributed by atoms with Crippen LogP contribution in [0.15, 0.2) is 109 Å². The van der Waals surface area contributed by atoms with E-state index in [-0.39, 0.29) is 0 Å². The summed E-state index contributed by atoms with van der Waals surface area (Å²) in [5.41, 5.74) is 8.50. The standard InChI is InChI=1S/C31H31N/c1-4-10-24(11-5-1)20-21-32-23-29-17-16-28-22-27(25-12-6-2-7-13-25)18-19-30(28)31(29)26-14-8-3-9-15-26/h1-15,18-19,22,29,31-32H,16-17,20-21,23H2/t29-,31+/m0/s1. The van der Waals surface area contributed by atoms with Gasteiger partial charge in [0, 0.05) is 5.92 Å². The first kappa shape index (κ1) is 20.7. The van der Waals surface area contributed by atoms with E-state index >= 15 is 0 Å². The van der Waals surface area contributed by atoms with Crippen molar-refractivity contribution in [3.63, 3.8) is 0 Å². The molecule has 1 heteroatoms. The van der Waals surface area contributed by atoms with Gasteiger partial charge in [0.2, 0.25) is 0 Å². The third-order valence-electron chi connectivity index (χ3n) is 6.84. The molecule has 1 aliphatic carbocycles. The first-order valence-corrected chi connectivity index (χ1v) is 11.9. The van der Waals surface area contributed by atoms with E-state index in [9.17, 15) is 0 Å². The number of rotatable bonds is 7. The highest BCUT2D eigenvalue weighted by Gasteiger charge is 2.30. The maximum Gasteiger partial charge on any atom is 0.0132 e. The molecule has 5 rings (SSSR count). The van der Waals surface area contributed by atoms with Crippen molar-refractivity contribution in [2.75, 3.05) is 13.1 Å². The van der Waals surface area contributed by atoms with Crippen molar-refractivity contribution in [1.82, 2.24) is 5.32 Å². The first-order chi connectivity index (χ1) is 15.9. The molecule has 0 saturated heterocycles. The Kier molecular flexibility index (Phi) is 6.46. The Morgan fingerprint density at radius 3 is 2.12 bits per heavy atom. The van der Waals surface area contributed by atoms with Crippen molar-refractivity contribution >= 4 is 0 Å². The summed E-state index contributed by atoms with van der Waals surface area (Å²) >= 11 is 0. The number of aryl methyl sites for hydroxylation is 1. The lowest BCUT2D eigenvalue weighted by atomic mass is 9.71. The van der Waals surface area contributed by atoms with Crippen LogP contribution in [0, 0.1) is 5.92 Å². The van der Waals surface area contributed by atoms with Gasteiger partial charge >= 0.3 is 0 Å². The van der Waals surface area contributed by atoms with Gasteiger partial charge in [-0.1, -0.05) is 109 Å². The molecule has 1 aliphatic rings. The van der Waals surface area contributed by atoms with Gasteiger partial charge in [0.25, 0.3) is 0 Å². The average Bonchev–Trinajstić information content (AvgIpc) is 2.87. The molecule has 0 fully saturated rings. The lowest BCUT2D eigenvalue weighted by Gasteiger charge is -2.35. The third kappa shape index (κ3) is 4.69. The van der Waals surface area contributed by atoms with Gasteiger partial charge in [-0.3, -0.25) is 0 Å². The second kappa shape index (κ2) is 9.97. The fourth-order valence-corrected chi connectivity index (χ4v) is 5.19. The van der Waals surface area contributed by atoms with Crippen LogP contribution in [0.3, 0.4) is 0 Å². The van der Waals surface area contributed by atoms with Crippen molar-refractivity contribution in [2.24, 2.45) is 5.92 Å². The number of benzene rings is 4. The predicted molar refractivity (Wildman–Crippen MR) is 135 cm³/mol. The largest absolute Gasteiger partial charge is 0.316 e. The molecule has 160 valence electrons. The Hall–Kier alpha value is -3.16. The van der Waals surface area contributed by atoms with Gasteiger partial charge in [-0.05, 0) is 71.7 Å². The summed E-state index contributed by atoms with van der Waals surface area (Å²) in [5.74, 6) is 1.07. The molecule has 0 bridgehead atoms. The molecule has 2 atom stereocenters. The number of nitrogens with one attached hydrogen (secondary N) is 1. The summed E-state index contributed by atoms with van der Waals surface area (Å²) in [6.07, 6.45) is 3.47. The highest BCUT2D eigenvalue weighted by atomic mass is 14.9. The second-order valence-corrected chi connectivity index (χ2v) is 8.91. The van der Waals surface area contributed by atoms with Crippen LogP contribution in [0.4, 0.5) is 0 Å². The zero-order valence-electron chi connectivity index (χ0n) is 18.6. The zero-order chi connectivity index (χ0) is 21.6. The number of fused-ring (bicyclic) bond motifs is 1. The first-order valence-electron chi connectivity index (χ1n) is 11.9. The Bertz CT molecular complexity index is 1120. The summed E-state index contributed by atoms with van der Waals surface area (Å²) in [4.78, 5) is 0. The molecule has 0 amide bonds. The van der Waals surface area contributed by atoms with Gasteiger partial charge in [0.1, 0.15) is 0 Å². The van der Waals surface area contributed by atoms with E-state index in [1.807, 2.05) is 0 Å². The fraction of sp³-hybridized carbons (Fsp3) is 0.226. The minimum atomic E-state index is 0.453. The van der Waals surface area contributed by atoms with Crippen LogP contribution in [0.25, 0.3) is 11.1 Å². The van der Waals surface area contributed by atoms with Crippen LogP contribution in [-0.4, -0.2) is 13.1 Å². The molecule has 0 saturated carbocycles. The normalized spacial score (nSPS) is 17.6. The smallest absolute Gasteiger partial charge is 0.0132 e. The molecule has 32 heavy (non-hydrogen) atoms. The number of hydrogen-bond acceptors (Lipinski definition) is 1. The molecule has 0 aromatic heterocycles. The van der Waals surface area contributed by atoms with Gasteiger partial charge < -0.3 is 5.32 Å². The molecule has 0 unspecified atom stereocenters. The molecule has 1 nitrogen and oxygen atoms in total. The van der Waals surface area contributed by atoms with E-state index in [1.165, 1.54) is 39.8 Å². The molecule has 1 N–H and O–H groups in total. The average molecular weight is 418 g/mol. The lowest BCUT2D eigenvalue weighted by Crippen LogP contribution is -2.32.